The molecule has 1 aromatic heterocycles. The predicted molar refractivity (Wildman–Crippen MR) is 159 cm³/mol. The summed E-state index contributed by atoms with van der Waals surface area (Å²) in [5.41, 5.74) is 10.6. The molecular formula is C32H28BNSeSi. The van der Waals surface area contributed by atoms with E-state index in [4.69, 9.17) is 0 Å². The van der Waals surface area contributed by atoms with Gasteiger partial charge in [0.1, 0.15) is 0 Å². The molecule has 3 aliphatic rings. The zero-order chi connectivity index (χ0) is 24.0. The molecule has 8 rings (SSSR count). The molecule has 0 atom stereocenters. The van der Waals surface area contributed by atoms with Crippen LogP contribution in [0.4, 0.5) is 0 Å². The van der Waals surface area contributed by atoms with Gasteiger partial charge in [0.25, 0.3) is 0 Å². The Morgan fingerprint density at radius 1 is 0.750 bits per heavy atom. The monoisotopic (exact) mass is 545 g/mol. The summed E-state index contributed by atoms with van der Waals surface area (Å²) in [6.07, 6.45) is 5.02. The van der Waals surface area contributed by atoms with Crippen molar-refractivity contribution in [2.24, 2.45) is 0 Å². The summed E-state index contributed by atoms with van der Waals surface area (Å²) in [6.45, 7) is 5.47. The third-order valence-electron chi connectivity index (χ3n) is 8.94. The van der Waals surface area contributed by atoms with Crippen LogP contribution in [-0.4, -0.2) is 34.3 Å². The van der Waals surface area contributed by atoms with Gasteiger partial charge < -0.3 is 0 Å². The second-order valence-electron chi connectivity index (χ2n) is 11.2. The Kier molecular flexibility index (Phi) is 4.51. The van der Waals surface area contributed by atoms with Crippen molar-refractivity contribution in [3.63, 3.8) is 0 Å². The summed E-state index contributed by atoms with van der Waals surface area (Å²) >= 11 is 0.326. The quantitative estimate of drug-likeness (QED) is 0.280. The third-order valence-corrected chi connectivity index (χ3v) is 14.9. The van der Waals surface area contributed by atoms with Gasteiger partial charge in [-0.3, -0.25) is 0 Å². The minimum atomic E-state index is -1.70. The zero-order valence-electron chi connectivity index (χ0n) is 20.8. The second kappa shape index (κ2) is 7.62. The maximum atomic E-state index is 2.59. The van der Waals surface area contributed by atoms with Crippen LogP contribution in [0.15, 0.2) is 84.9 Å². The Hall–Kier alpha value is -2.78. The Bertz CT molecular complexity index is 1720. The van der Waals surface area contributed by atoms with Crippen molar-refractivity contribution in [3.05, 3.63) is 96.2 Å². The topological polar surface area (TPSA) is 4.93 Å². The van der Waals surface area contributed by atoms with Gasteiger partial charge in [-0.05, 0) is 0 Å². The SMILES string of the molecule is C[Si]1(C)c2ccccc2B2c3ccc(-n4c5c(c6ccccc64)CCCC5)cc3[Se]c3cccc1c32. The van der Waals surface area contributed by atoms with E-state index in [0.717, 1.165) is 0 Å². The standard InChI is InChI=1S/C32H28BNSeSi/c1-36(2)30-16-8-5-12-25(30)33-24-19-18-21(20-29(24)35-28-15-9-17-31(36)32(28)33)34-26-13-6-3-10-22(26)23-11-4-7-14-27(23)34/h3,5-6,8-10,12-13,15-20H,4,7,11,14H2,1-2H3. The molecule has 0 radical (unpaired) electrons. The normalized spacial score (nSPS) is 16.8. The van der Waals surface area contributed by atoms with Crippen LogP contribution in [0.1, 0.15) is 24.1 Å². The summed E-state index contributed by atoms with van der Waals surface area (Å²) in [4.78, 5) is 0. The molecule has 0 bridgehead atoms. The summed E-state index contributed by atoms with van der Waals surface area (Å²) in [7, 11) is -1.70. The van der Waals surface area contributed by atoms with E-state index >= 15 is 0 Å². The van der Waals surface area contributed by atoms with Crippen molar-refractivity contribution in [2.45, 2.75) is 38.8 Å². The van der Waals surface area contributed by atoms with Crippen LogP contribution in [0.2, 0.25) is 13.1 Å². The first kappa shape index (κ1) is 21.3. The summed E-state index contributed by atoms with van der Waals surface area (Å²) in [6, 6.07) is 33.1. The van der Waals surface area contributed by atoms with Gasteiger partial charge in [-0.25, -0.2) is 0 Å². The van der Waals surface area contributed by atoms with Crippen LogP contribution >= 0.6 is 0 Å². The predicted octanol–water partition coefficient (Wildman–Crippen LogP) is 2.13. The van der Waals surface area contributed by atoms with Crippen LogP contribution in [-0.2, 0) is 12.8 Å². The van der Waals surface area contributed by atoms with Gasteiger partial charge >= 0.3 is 222 Å². The van der Waals surface area contributed by atoms with E-state index in [1.54, 1.807) is 46.9 Å². The van der Waals surface area contributed by atoms with Crippen LogP contribution in [0.5, 0.6) is 0 Å². The van der Waals surface area contributed by atoms with Gasteiger partial charge in [-0.15, -0.1) is 0 Å². The summed E-state index contributed by atoms with van der Waals surface area (Å²) < 4.78 is 5.76. The van der Waals surface area contributed by atoms with E-state index < -0.39 is 8.07 Å². The molecule has 174 valence electrons. The van der Waals surface area contributed by atoms with Gasteiger partial charge in [0.2, 0.25) is 0 Å². The Morgan fingerprint density at radius 3 is 2.50 bits per heavy atom. The molecule has 0 fully saturated rings. The first-order valence-electron chi connectivity index (χ1n) is 13.3. The first-order valence-corrected chi connectivity index (χ1v) is 18.0. The number of para-hydroxylation sites is 1. The van der Waals surface area contributed by atoms with Crippen LogP contribution in [0, 0.1) is 0 Å². The van der Waals surface area contributed by atoms with E-state index in [1.165, 1.54) is 42.3 Å². The number of hydrogen-bond acceptors (Lipinski definition) is 0. The van der Waals surface area contributed by atoms with E-state index in [2.05, 4.69) is 103 Å². The minimum absolute atomic E-state index is 0.326. The van der Waals surface area contributed by atoms with Crippen LogP contribution in [0.25, 0.3) is 16.6 Å². The molecule has 0 amide bonds. The Morgan fingerprint density at radius 2 is 1.56 bits per heavy atom. The molecular weight excluding hydrogens is 516 g/mol. The average Bonchev–Trinajstić information content (AvgIpc) is 3.25. The van der Waals surface area contributed by atoms with Gasteiger partial charge in [0.15, 0.2) is 0 Å². The third kappa shape index (κ3) is 2.78. The second-order valence-corrected chi connectivity index (χ2v) is 17.8. The van der Waals surface area contributed by atoms with Gasteiger partial charge in [0, 0.05) is 0 Å². The van der Waals surface area contributed by atoms with Crippen molar-refractivity contribution in [1.82, 2.24) is 4.57 Å². The molecule has 0 N–H and O–H groups in total. The molecule has 1 aliphatic carbocycles. The fourth-order valence-electron chi connectivity index (χ4n) is 7.32. The fourth-order valence-corrected chi connectivity index (χ4v) is 13.3. The molecule has 0 unspecified atom stereocenters. The number of nitrogens with zero attached hydrogens (tertiary/aromatic N) is 1. The molecule has 2 aliphatic heterocycles. The van der Waals surface area contributed by atoms with Gasteiger partial charge in [-0.2, -0.15) is 0 Å². The number of benzene rings is 4. The number of fused-ring (bicyclic) bond motifs is 7. The summed E-state index contributed by atoms with van der Waals surface area (Å²) in [5, 5.41) is 4.74. The number of aromatic nitrogens is 1. The molecule has 0 spiro atoms. The van der Waals surface area contributed by atoms with Crippen molar-refractivity contribution >= 4 is 76.3 Å². The van der Waals surface area contributed by atoms with Gasteiger partial charge in [0.05, 0.1) is 0 Å². The average molecular weight is 544 g/mol. The molecule has 36 heavy (non-hydrogen) atoms. The molecule has 0 saturated carbocycles. The maximum absolute atomic E-state index is 2.59. The van der Waals surface area contributed by atoms with Crippen LogP contribution in [0.3, 0.4) is 0 Å². The first-order chi connectivity index (χ1) is 17.6. The van der Waals surface area contributed by atoms with Crippen LogP contribution < -0.4 is 35.7 Å². The molecule has 0 saturated heterocycles. The number of rotatable bonds is 1. The van der Waals surface area contributed by atoms with Crippen molar-refractivity contribution < 1.29 is 0 Å². The van der Waals surface area contributed by atoms with E-state index in [0.29, 0.717) is 21.7 Å². The van der Waals surface area contributed by atoms with E-state index in [-0.39, 0.29) is 0 Å². The van der Waals surface area contributed by atoms with E-state index in [1.807, 2.05) is 0 Å². The molecule has 3 heterocycles. The molecule has 4 aromatic carbocycles. The van der Waals surface area contributed by atoms with Crippen molar-refractivity contribution in [2.75, 3.05) is 0 Å². The molecule has 1 nitrogen and oxygen atoms in total. The summed E-state index contributed by atoms with van der Waals surface area (Å²) in [5.74, 6) is 0. The van der Waals surface area contributed by atoms with Gasteiger partial charge in [-0.1, -0.05) is 0 Å². The van der Waals surface area contributed by atoms with Crippen molar-refractivity contribution in [3.8, 4) is 5.69 Å². The Labute approximate surface area is 220 Å². The van der Waals surface area contributed by atoms with Crippen molar-refractivity contribution in [1.29, 1.82) is 0 Å². The zero-order valence-corrected chi connectivity index (χ0v) is 23.6. The number of hydrogen-bond donors (Lipinski definition) is 0. The fraction of sp³-hybridized carbons (Fsp3) is 0.188. The Balaban J connectivity index is 1.36. The number of aryl methyl sites for hydroxylation is 1. The molecule has 5 aromatic rings. The molecule has 4 heteroatoms. The van der Waals surface area contributed by atoms with E-state index in [9.17, 15) is 0 Å².